The summed E-state index contributed by atoms with van der Waals surface area (Å²) >= 11 is 2.59. The zero-order valence-corrected chi connectivity index (χ0v) is 28.9. The normalized spacial score (nSPS) is 18.4. The van der Waals surface area contributed by atoms with Gasteiger partial charge in [0, 0.05) is 45.3 Å². The van der Waals surface area contributed by atoms with Gasteiger partial charge in [-0.1, -0.05) is 12.1 Å². The Balaban J connectivity index is 0.940. The Morgan fingerprint density at radius 3 is 1.63 bits per heavy atom. The second-order valence-electron chi connectivity index (χ2n) is 12.4. The molecule has 3 aromatic heterocycles. The summed E-state index contributed by atoms with van der Waals surface area (Å²) in [5, 5.41) is 30.4. The second kappa shape index (κ2) is 15.0. The lowest BCUT2D eigenvalue weighted by Gasteiger charge is -2.26. The molecule has 2 aromatic carbocycles. The van der Waals surface area contributed by atoms with Crippen molar-refractivity contribution in [1.82, 2.24) is 14.8 Å². The highest BCUT2D eigenvalue weighted by Gasteiger charge is 2.38. The Morgan fingerprint density at radius 1 is 0.706 bits per heavy atom. The number of carbonyl (C=O) groups is 4. The van der Waals surface area contributed by atoms with Crippen LogP contribution in [-0.4, -0.2) is 73.8 Å². The molecule has 0 spiro atoms. The highest BCUT2D eigenvalue weighted by Crippen LogP contribution is 2.31. The largest absolute Gasteiger partial charge is 0.436 e. The molecule has 2 aliphatic heterocycles. The number of oxazole rings is 1. The van der Waals surface area contributed by atoms with Crippen LogP contribution in [0.15, 0.2) is 94.2 Å². The van der Waals surface area contributed by atoms with E-state index in [-0.39, 0.29) is 11.8 Å². The van der Waals surface area contributed by atoms with Crippen LogP contribution in [0.1, 0.15) is 47.6 Å². The number of likely N-dealkylation sites (tertiary alicyclic amines) is 2. The van der Waals surface area contributed by atoms with Gasteiger partial charge in [-0.2, -0.15) is 0 Å². The number of aliphatic hydroxyl groups excluding tert-OH is 2. The van der Waals surface area contributed by atoms with Gasteiger partial charge < -0.3 is 35.1 Å². The van der Waals surface area contributed by atoms with E-state index in [1.54, 1.807) is 89.8 Å². The number of aliphatic hydroxyl groups is 2. The first kappa shape index (κ1) is 34.3. The van der Waals surface area contributed by atoms with Crippen molar-refractivity contribution in [3.8, 4) is 22.8 Å². The van der Waals surface area contributed by atoms with Crippen LogP contribution in [0.2, 0.25) is 0 Å². The lowest BCUT2D eigenvalue weighted by atomic mass is 10.1. The summed E-state index contributed by atoms with van der Waals surface area (Å²) in [5.74, 6) is -0.665. The maximum absolute atomic E-state index is 13.1. The molecule has 5 heterocycles. The smallest absolute Gasteiger partial charge is 0.257 e. The fourth-order valence-electron chi connectivity index (χ4n) is 6.46. The minimum absolute atomic E-state index is 0.310. The van der Waals surface area contributed by atoms with E-state index in [1.807, 2.05) is 0 Å². The summed E-state index contributed by atoms with van der Waals surface area (Å²) in [7, 11) is 0. The predicted octanol–water partition coefficient (Wildman–Crippen LogP) is 5.46. The predicted molar refractivity (Wildman–Crippen MR) is 193 cm³/mol. The van der Waals surface area contributed by atoms with Gasteiger partial charge in [-0.25, -0.2) is 4.98 Å². The summed E-state index contributed by atoms with van der Waals surface area (Å²) in [4.78, 5) is 60.6. The van der Waals surface area contributed by atoms with Gasteiger partial charge in [-0.15, -0.1) is 22.7 Å². The van der Waals surface area contributed by atoms with E-state index >= 15 is 0 Å². The average molecular weight is 726 g/mol. The number of benzene rings is 2. The Labute approximate surface area is 301 Å². The van der Waals surface area contributed by atoms with Crippen LogP contribution in [0.25, 0.3) is 22.8 Å². The molecular weight excluding hydrogens is 691 g/mol. The molecule has 2 aliphatic rings. The van der Waals surface area contributed by atoms with E-state index in [1.165, 1.54) is 32.5 Å². The van der Waals surface area contributed by atoms with Crippen molar-refractivity contribution in [1.29, 1.82) is 0 Å². The molecular formula is C37H35N5O7S2. The molecule has 0 aliphatic carbocycles. The first-order valence-electron chi connectivity index (χ1n) is 16.6. The molecule has 4 unspecified atom stereocenters. The Morgan fingerprint density at radius 2 is 1.18 bits per heavy atom. The van der Waals surface area contributed by atoms with Crippen LogP contribution in [0, 0.1) is 0 Å². The number of hydrogen-bond donors (Lipinski definition) is 4. The number of anilines is 2. The van der Waals surface area contributed by atoms with Gasteiger partial charge in [-0.3, -0.25) is 19.2 Å². The van der Waals surface area contributed by atoms with Gasteiger partial charge in [0.15, 0.2) is 18.0 Å². The van der Waals surface area contributed by atoms with Gasteiger partial charge in [0.2, 0.25) is 17.7 Å². The number of nitrogens with zero attached hydrogens (tertiary/aromatic N) is 3. The lowest BCUT2D eigenvalue weighted by Crippen LogP contribution is -2.45. The van der Waals surface area contributed by atoms with Gasteiger partial charge in [-0.05, 0) is 97.1 Å². The molecule has 0 radical (unpaired) electrons. The molecule has 4 amide bonds. The van der Waals surface area contributed by atoms with E-state index in [0.717, 1.165) is 5.56 Å². The lowest BCUT2D eigenvalue weighted by molar-refractivity contribution is -0.144. The standard InChI is InChI=1S/C37H35N5O7S2/c43-31(29-7-3-19-50-29)36(47)41-17-1-5-26(41)33(45)39-24-13-9-22(10-14-24)28-21-38-35(49-28)23-11-15-25(16-12-23)40-34(46)27-6-2-18-42(27)37(48)32(44)30-8-4-20-51-30/h3-4,7-16,19-21,26-27,31-32,43-44H,1-2,5-6,17-18H2,(H,39,45)(H,40,46). The summed E-state index contributed by atoms with van der Waals surface area (Å²) in [5.41, 5.74) is 2.55. The van der Waals surface area contributed by atoms with E-state index in [0.29, 0.717) is 77.1 Å². The number of carbonyl (C=O) groups excluding carboxylic acids is 4. The molecule has 5 aromatic rings. The van der Waals surface area contributed by atoms with Crippen LogP contribution in [0.4, 0.5) is 11.4 Å². The maximum Gasteiger partial charge on any atom is 0.257 e. The molecule has 51 heavy (non-hydrogen) atoms. The first-order chi connectivity index (χ1) is 24.8. The minimum atomic E-state index is -1.29. The van der Waals surface area contributed by atoms with E-state index < -0.39 is 36.1 Å². The monoisotopic (exact) mass is 725 g/mol. The Kier molecular flexibility index (Phi) is 10.1. The van der Waals surface area contributed by atoms with E-state index in [2.05, 4.69) is 15.6 Å². The summed E-state index contributed by atoms with van der Waals surface area (Å²) in [6.45, 7) is 0.819. The van der Waals surface area contributed by atoms with Crippen LogP contribution in [0.5, 0.6) is 0 Å². The maximum atomic E-state index is 13.1. The second-order valence-corrected chi connectivity index (χ2v) is 14.3. The van der Waals surface area contributed by atoms with Crippen molar-refractivity contribution >= 4 is 57.7 Å². The van der Waals surface area contributed by atoms with Gasteiger partial charge >= 0.3 is 0 Å². The SMILES string of the molecule is O=C(Nc1ccc(-c2cnc(-c3ccc(NC(=O)C4CCCN4C(=O)C(O)c4cccs4)cc3)o2)cc1)C1CCCN1C(=O)C(O)c1cccs1. The topological polar surface area (TPSA) is 165 Å². The summed E-state index contributed by atoms with van der Waals surface area (Å²) < 4.78 is 6.03. The highest BCUT2D eigenvalue weighted by atomic mass is 32.1. The molecule has 4 atom stereocenters. The van der Waals surface area contributed by atoms with Crippen molar-refractivity contribution in [2.24, 2.45) is 0 Å². The quantitative estimate of drug-likeness (QED) is 0.148. The Bertz CT molecular complexity index is 1850. The fraction of sp³-hybridized carbons (Fsp3) is 0.270. The van der Waals surface area contributed by atoms with Crippen LogP contribution >= 0.6 is 22.7 Å². The first-order valence-corrected chi connectivity index (χ1v) is 18.3. The number of thiophene rings is 2. The van der Waals surface area contributed by atoms with Crippen LogP contribution in [-0.2, 0) is 19.2 Å². The third-order valence-corrected chi connectivity index (χ3v) is 11.0. The molecule has 2 saturated heterocycles. The number of amides is 4. The van der Waals surface area contributed by atoms with Crippen molar-refractivity contribution in [2.45, 2.75) is 50.0 Å². The number of hydrogen-bond acceptors (Lipinski definition) is 10. The summed E-state index contributed by atoms with van der Waals surface area (Å²) in [6, 6.07) is 19.7. The zero-order valence-electron chi connectivity index (χ0n) is 27.3. The van der Waals surface area contributed by atoms with Crippen molar-refractivity contribution in [3.63, 3.8) is 0 Å². The average Bonchev–Trinajstić information content (AvgIpc) is 4.00. The van der Waals surface area contributed by atoms with Crippen LogP contribution < -0.4 is 10.6 Å². The van der Waals surface area contributed by atoms with Crippen LogP contribution in [0.3, 0.4) is 0 Å². The third kappa shape index (κ3) is 7.35. The number of rotatable bonds is 10. The molecule has 12 nitrogen and oxygen atoms in total. The van der Waals surface area contributed by atoms with Crippen molar-refractivity contribution < 1.29 is 33.8 Å². The molecule has 0 saturated carbocycles. The molecule has 7 rings (SSSR count). The minimum Gasteiger partial charge on any atom is -0.436 e. The van der Waals surface area contributed by atoms with E-state index in [9.17, 15) is 29.4 Å². The van der Waals surface area contributed by atoms with Crippen molar-refractivity contribution in [2.75, 3.05) is 23.7 Å². The van der Waals surface area contributed by atoms with E-state index in [4.69, 9.17) is 4.42 Å². The summed E-state index contributed by atoms with van der Waals surface area (Å²) in [6.07, 6.45) is 1.42. The molecule has 262 valence electrons. The van der Waals surface area contributed by atoms with Gasteiger partial charge in [0.05, 0.1) is 6.20 Å². The number of nitrogens with one attached hydrogen (secondary N) is 2. The zero-order chi connectivity index (χ0) is 35.5. The molecule has 2 fully saturated rings. The highest BCUT2D eigenvalue weighted by molar-refractivity contribution is 7.10. The van der Waals surface area contributed by atoms with Gasteiger partial charge in [0.25, 0.3) is 11.8 Å². The Hall–Kier alpha value is -5.15. The van der Waals surface area contributed by atoms with Crippen molar-refractivity contribution in [3.05, 3.63) is 99.5 Å². The fourth-order valence-corrected chi connectivity index (χ4v) is 7.87. The third-order valence-electron chi connectivity index (χ3n) is 9.11. The molecule has 0 bridgehead atoms. The molecule has 14 heteroatoms. The molecule has 4 N–H and O–H groups in total. The number of aromatic nitrogens is 1. The van der Waals surface area contributed by atoms with Gasteiger partial charge in [0.1, 0.15) is 12.1 Å².